The molecule has 2 fully saturated rings. The van der Waals surface area contributed by atoms with Crippen LogP contribution >= 0.6 is 0 Å². The maximum atomic E-state index is 13.1. The van der Waals surface area contributed by atoms with E-state index in [2.05, 4.69) is 16.9 Å². The van der Waals surface area contributed by atoms with Crippen molar-refractivity contribution in [1.82, 2.24) is 15.2 Å². The van der Waals surface area contributed by atoms with Crippen molar-refractivity contribution in [2.24, 2.45) is 5.92 Å². The van der Waals surface area contributed by atoms with E-state index >= 15 is 0 Å². The Morgan fingerprint density at radius 3 is 2.70 bits per heavy atom. The molecule has 6 nitrogen and oxygen atoms in total. The van der Waals surface area contributed by atoms with Gasteiger partial charge in [0.15, 0.2) is 5.60 Å². The molecule has 1 aromatic heterocycles. The fraction of sp³-hybridized carbons (Fsp3) is 0.375. The highest BCUT2D eigenvalue weighted by Gasteiger charge is 2.46. The van der Waals surface area contributed by atoms with Gasteiger partial charge in [0, 0.05) is 37.8 Å². The van der Waals surface area contributed by atoms with Gasteiger partial charge in [-0.05, 0) is 35.6 Å². The first-order valence-electron chi connectivity index (χ1n) is 10.4. The van der Waals surface area contributed by atoms with Gasteiger partial charge in [0.05, 0.1) is 13.2 Å². The lowest BCUT2D eigenvalue weighted by atomic mass is 9.90. The van der Waals surface area contributed by atoms with Crippen molar-refractivity contribution in [2.45, 2.75) is 24.9 Å². The summed E-state index contributed by atoms with van der Waals surface area (Å²) in [5, 5.41) is 2.88. The quantitative estimate of drug-likeness (QED) is 0.719. The van der Waals surface area contributed by atoms with Gasteiger partial charge in [-0.2, -0.15) is 0 Å². The molecule has 0 radical (unpaired) electrons. The number of aromatic nitrogens is 1. The summed E-state index contributed by atoms with van der Waals surface area (Å²) in [5.41, 5.74) is 1.99. The Bertz CT molecular complexity index is 909. The van der Waals surface area contributed by atoms with Crippen LogP contribution in [0.2, 0.25) is 0 Å². The SMILES string of the molecule is C=CCNC(=O)C1(Cc2ccc(-c3cccnc3)cc2)CN(C(=O)C2CC2)CCO1. The Morgan fingerprint density at radius 2 is 2.03 bits per heavy atom. The van der Waals surface area contributed by atoms with Crippen LogP contribution in [0.5, 0.6) is 0 Å². The number of amides is 2. The summed E-state index contributed by atoms with van der Waals surface area (Å²) in [6.07, 6.45) is 7.51. The van der Waals surface area contributed by atoms with E-state index in [1.807, 2.05) is 42.6 Å². The number of carbonyl (C=O) groups is 2. The Labute approximate surface area is 176 Å². The third-order valence-electron chi connectivity index (χ3n) is 5.68. The van der Waals surface area contributed by atoms with Crippen LogP contribution < -0.4 is 5.32 Å². The second kappa shape index (κ2) is 8.79. The molecule has 1 saturated heterocycles. The van der Waals surface area contributed by atoms with Crippen LogP contribution in [0.1, 0.15) is 18.4 Å². The third-order valence-corrected chi connectivity index (χ3v) is 5.68. The average molecular weight is 405 g/mol. The van der Waals surface area contributed by atoms with Gasteiger partial charge in [0.25, 0.3) is 5.91 Å². The molecule has 2 aromatic rings. The van der Waals surface area contributed by atoms with E-state index in [0.29, 0.717) is 26.1 Å². The summed E-state index contributed by atoms with van der Waals surface area (Å²) < 4.78 is 6.07. The van der Waals surface area contributed by atoms with Crippen LogP contribution in [0.25, 0.3) is 11.1 Å². The summed E-state index contributed by atoms with van der Waals surface area (Å²) in [6, 6.07) is 12.0. The number of morpholine rings is 1. The maximum Gasteiger partial charge on any atom is 0.254 e. The van der Waals surface area contributed by atoms with E-state index in [1.165, 1.54) is 0 Å². The highest BCUT2D eigenvalue weighted by Crippen LogP contribution is 2.33. The molecule has 1 N–H and O–H groups in total. The van der Waals surface area contributed by atoms with Crippen LogP contribution in [-0.4, -0.2) is 53.5 Å². The lowest BCUT2D eigenvalue weighted by Gasteiger charge is -2.41. The van der Waals surface area contributed by atoms with Crippen LogP contribution in [0.15, 0.2) is 61.4 Å². The molecule has 1 aromatic carbocycles. The number of nitrogens with one attached hydrogen (secondary N) is 1. The van der Waals surface area contributed by atoms with Crippen LogP contribution in [0.3, 0.4) is 0 Å². The minimum Gasteiger partial charge on any atom is -0.361 e. The van der Waals surface area contributed by atoms with Gasteiger partial charge in [-0.25, -0.2) is 0 Å². The molecule has 0 spiro atoms. The van der Waals surface area contributed by atoms with Gasteiger partial charge in [-0.1, -0.05) is 36.4 Å². The van der Waals surface area contributed by atoms with Crippen LogP contribution in [0, 0.1) is 5.92 Å². The fourth-order valence-corrected chi connectivity index (χ4v) is 3.89. The molecule has 1 aliphatic carbocycles. The predicted molar refractivity (Wildman–Crippen MR) is 115 cm³/mol. The van der Waals surface area contributed by atoms with Crippen LogP contribution in [0.4, 0.5) is 0 Å². The van der Waals surface area contributed by atoms with Crippen molar-refractivity contribution >= 4 is 11.8 Å². The van der Waals surface area contributed by atoms with Crippen LogP contribution in [-0.2, 0) is 20.7 Å². The summed E-state index contributed by atoms with van der Waals surface area (Å²) in [6.45, 7) is 5.20. The molecule has 2 aliphatic rings. The molecule has 156 valence electrons. The molecule has 1 unspecified atom stereocenters. The zero-order chi connectivity index (χ0) is 21.0. The number of rotatable bonds is 7. The fourth-order valence-electron chi connectivity index (χ4n) is 3.89. The largest absolute Gasteiger partial charge is 0.361 e. The highest BCUT2D eigenvalue weighted by atomic mass is 16.5. The first-order valence-corrected chi connectivity index (χ1v) is 10.4. The molecular formula is C24H27N3O3. The first-order chi connectivity index (χ1) is 14.6. The maximum absolute atomic E-state index is 13.1. The molecule has 2 amide bonds. The van der Waals surface area contributed by atoms with Gasteiger partial charge in [0.1, 0.15) is 0 Å². The smallest absolute Gasteiger partial charge is 0.254 e. The molecular weight excluding hydrogens is 378 g/mol. The second-order valence-corrected chi connectivity index (χ2v) is 7.99. The normalized spacial score (nSPS) is 21.1. The van der Waals surface area contributed by atoms with Crippen molar-refractivity contribution in [3.63, 3.8) is 0 Å². The third kappa shape index (κ3) is 4.44. The molecule has 1 atom stereocenters. The number of ether oxygens (including phenoxy) is 1. The summed E-state index contributed by atoms with van der Waals surface area (Å²) in [4.78, 5) is 31.7. The van der Waals surface area contributed by atoms with E-state index in [-0.39, 0.29) is 24.3 Å². The molecule has 1 aliphatic heterocycles. The van der Waals surface area contributed by atoms with Gasteiger partial charge >= 0.3 is 0 Å². The van der Waals surface area contributed by atoms with E-state index in [9.17, 15) is 9.59 Å². The molecule has 2 heterocycles. The van der Waals surface area contributed by atoms with Crippen molar-refractivity contribution < 1.29 is 14.3 Å². The van der Waals surface area contributed by atoms with Crippen molar-refractivity contribution in [2.75, 3.05) is 26.2 Å². The number of benzene rings is 1. The zero-order valence-electron chi connectivity index (χ0n) is 17.0. The number of pyridine rings is 1. The number of carbonyl (C=O) groups excluding carboxylic acids is 2. The van der Waals surface area contributed by atoms with Gasteiger partial charge in [0.2, 0.25) is 5.91 Å². The average Bonchev–Trinajstić information content (AvgIpc) is 3.64. The molecule has 30 heavy (non-hydrogen) atoms. The topological polar surface area (TPSA) is 71.5 Å². The monoisotopic (exact) mass is 405 g/mol. The number of nitrogens with zero attached hydrogens (tertiary/aromatic N) is 2. The predicted octanol–water partition coefficient (Wildman–Crippen LogP) is 2.60. The molecule has 1 saturated carbocycles. The van der Waals surface area contributed by atoms with E-state index in [4.69, 9.17) is 4.74 Å². The van der Waals surface area contributed by atoms with E-state index < -0.39 is 5.60 Å². The Kier molecular flexibility index (Phi) is 5.95. The Hall–Kier alpha value is -2.99. The Morgan fingerprint density at radius 1 is 1.23 bits per heavy atom. The summed E-state index contributed by atoms with van der Waals surface area (Å²) in [7, 11) is 0. The van der Waals surface area contributed by atoms with Crippen molar-refractivity contribution in [3.05, 3.63) is 67.0 Å². The van der Waals surface area contributed by atoms with E-state index in [0.717, 1.165) is 29.5 Å². The standard InChI is InChI=1S/C24H27N3O3/c1-2-11-26-23(29)24(17-27(13-14-30-24)22(28)20-9-10-20)15-18-5-7-19(8-6-18)21-4-3-12-25-16-21/h2-8,12,16,20H,1,9-11,13-15,17H2,(H,26,29). The first kappa shape index (κ1) is 20.3. The van der Waals surface area contributed by atoms with Gasteiger partial charge in [-0.3, -0.25) is 14.6 Å². The molecule has 6 heteroatoms. The highest BCUT2D eigenvalue weighted by molar-refractivity contribution is 5.88. The molecule has 0 bridgehead atoms. The minimum atomic E-state index is -1.10. The summed E-state index contributed by atoms with van der Waals surface area (Å²) >= 11 is 0. The van der Waals surface area contributed by atoms with E-state index in [1.54, 1.807) is 17.2 Å². The van der Waals surface area contributed by atoms with Crippen molar-refractivity contribution in [1.29, 1.82) is 0 Å². The number of hydrogen-bond donors (Lipinski definition) is 1. The minimum absolute atomic E-state index is 0.121. The summed E-state index contributed by atoms with van der Waals surface area (Å²) in [5.74, 6) is 0.0638. The number of hydrogen-bond acceptors (Lipinski definition) is 4. The van der Waals surface area contributed by atoms with Gasteiger partial charge < -0.3 is 15.0 Å². The van der Waals surface area contributed by atoms with Gasteiger partial charge in [-0.15, -0.1) is 6.58 Å². The molecule has 4 rings (SSSR count). The lowest BCUT2D eigenvalue weighted by molar-refractivity contribution is -0.166. The second-order valence-electron chi connectivity index (χ2n) is 7.99. The van der Waals surface area contributed by atoms with Crippen molar-refractivity contribution in [3.8, 4) is 11.1 Å². The zero-order valence-corrected chi connectivity index (χ0v) is 17.0. The lowest BCUT2D eigenvalue weighted by Crippen LogP contribution is -2.62. The Balaban J connectivity index is 1.55.